The Morgan fingerprint density at radius 2 is 1.88 bits per heavy atom. The Balaban J connectivity index is 2.37. The second-order valence-corrected chi connectivity index (χ2v) is 10.6. The van der Waals surface area contributed by atoms with Crippen molar-refractivity contribution in [2.24, 2.45) is 17.2 Å². The van der Waals surface area contributed by atoms with Crippen LogP contribution in [0, 0.1) is 0 Å². The van der Waals surface area contributed by atoms with E-state index in [1.165, 1.54) is 0 Å². The van der Waals surface area contributed by atoms with Crippen molar-refractivity contribution in [1.29, 1.82) is 0 Å². The average molecular weight is 622 g/mol. The van der Waals surface area contributed by atoms with Crippen LogP contribution in [-0.2, 0) is 28.5 Å². The third-order valence-corrected chi connectivity index (χ3v) is 7.37. The molecule has 1 aliphatic carbocycles. The van der Waals surface area contributed by atoms with Crippen LogP contribution in [0.5, 0.6) is 0 Å². The van der Waals surface area contributed by atoms with Gasteiger partial charge in [0, 0.05) is 12.1 Å². The van der Waals surface area contributed by atoms with Gasteiger partial charge in [-0.25, -0.2) is 0 Å². The zero-order valence-corrected chi connectivity index (χ0v) is 25.1. The maximum Gasteiger partial charge on any atom is 0.249 e. The molecule has 0 aromatic carbocycles. The molecule has 0 aromatic rings. The fourth-order valence-electron chi connectivity index (χ4n) is 4.86. The number of ether oxygens (including phenoxy) is 4. The van der Waals surface area contributed by atoms with Gasteiger partial charge in [-0.05, 0) is 52.9 Å². The molecule has 17 nitrogen and oxygen atoms in total. The molecule has 43 heavy (non-hydrogen) atoms. The lowest BCUT2D eigenvalue weighted by molar-refractivity contribution is -0.273. The largest absolute Gasteiger partial charge is 0.466 e. The first-order valence-corrected chi connectivity index (χ1v) is 14.5. The van der Waals surface area contributed by atoms with Gasteiger partial charge in [0.15, 0.2) is 6.29 Å². The summed E-state index contributed by atoms with van der Waals surface area (Å²) in [7, 11) is 3.25. The van der Waals surface area contributed by atoms with Gasteiger partial charge >= 0.3 is 0 Å². The van der Waals surface area contributed by atoms with Crippen molar-refractivity contribution in [1.82, 2.24) is 21.3 Å². The summed E-state index contributed by atoms with van der Waals surface area (Å²) in [6.45, 7) is 1.31. The molecule has 250 valence electrons. The molecule has 1 heterocycles. The molecule has 2 aliphatic rings. The highest BCUT2D eigenvalue weighted by atomic mass is 16.7. The SMILES string of the molecule is CNCC(=O)N[C@@H]1CC=C(CN)O[C@@H]1O[C@H]1[C@H](O)[C@@H](O[C@@H](OCCO)[C@H](O)[C@H](C)NC)[C@H](NC(=O)[C@@H](O)CCN)C[C@@H]1N. The minimum absolute atomic E-state index is 0.00171. The van der Waals surface area contributed by atoms with E-state index in [-0.39, 0.29) is 51.6 Å². The van der Waals surface area contributed by atoms with E-state index >= 15 is 0 Å². The maximum absolute atomic E-state index is 12.7. The second-order valence-electron chi connectivity index (χ2n) is 10.6. The number of nitrogens with one attached hydrogen (secondary N) is 4. The Kier molecular flexibility index (Phi) is 16.2. The van der Waals surface area contributed by atoms with Crippen molar-refractivity contribution in [3.8, 4) is 0 Å². The van der Waals surface area contributed by atoms with Gasteiger partial charge < -0.3 is 77.8 Å². The van der Waals surface area contributed by atoms with Gasteiger partial charge in [-0.1, -0.05) is 0 Å². The Bertz CT molecular complexity index is 887. The predicted octanol–water partition coefficient (Wildman–Crippen LogP) is -5.36. The third kappa shape index (κ3) is 10.8. The van der Waals surface area contributed by atoms with E-state index in [9.17, 15) is 30.0 Å². The molecule has 0 spiro atoms. The lowest BCUT2D eigenvalue weighted by Gasteiger charge is -2.46. The Morgan fingerprint density at radius 1 is 1.16 bits per heavy atom. The molecule has 0 saturated heterocycles. The monoisotopic (exact) mass is 621 g/mol. The number of likely N-dealkylation sites (N-methyl/N-ethyl adjacent to an activating group) is 2. The topological polar surface area (TPSA) is 278 Å². The lowest BCUT2D eigenvalue weighted by atomic mass is 9.83. The number of amides is 2. The molecule has 1 saturated carbocycles. The zero-order chi connectivity index (χ0) is 32.1. The molecule has 0 radical (unpaired) electrons. The van der Waals surface area contributed by atoms with Crippen LogP contribution in [0.4, 0.5) is 0 Å². The van der Waals surface area contributed by atoms with Crippen molar-refractivity contribution in [2.45, 2.75) is 93.5 Å². The van der Waals surface area contributed by atoms with Gasteiger partial charge in [-0.3, -0.25) is 9.59 Å². The van der Waals surface area contributed by atoms with Crippen molar-refractivity contribution in [2.75, 3.05) is 46.9 Å². The van der Waals surface area contributed by atoms with Crippen LogP contribution in [0.25, 0.3) is 0 Å². The van der Waals surface area contributed by atoms with Gasteiger partial charge in [-0.2, -0.15) is 0 Å². The van der Waals surface area contributed by atoms with E-state index in [0.29, 0.717) is 12.2 Å². The molecule has 0 bridgehead atoms. The maximum atomic E-state index is 12.7. The molecule has 0 aromatic heterocycles. The molecule has 14 N–H and O–H groups in total. The van der Waals surface area contributed by atoms with E-state index in [2.05, 4.69) is 21.3 Å². The van der Waals surface area contributed by atoms with E-state index < -0.39 is 73.2 Å². The normalized spacial score (nSPS) is 30.4. The Morgan fingerprint density at radius 3 is 2.49 bits per heavy atom. The van der Waals surface area contributed by atoms with E-state index in [1.807, 2.05) is 0 Å². The van der Waals surface area contributed by atoms with Crippen molar-refractivity contribution < 1.29 is 49.0 Å². The van der Waals surface area contributed by atoms with Crippen LogP contribution in [0.1, 0.15) is 26.2 Å². The first kappa shape index (κ1) is 37.2. The Labute approximate surface area is 251 Å². The van der Waals surface area contributed by atoms with Crippen LogP contribution < -0.4 is 38.5 Å². The van der Waals surface area contributed by atoms with E-state index in [4.69, 9.17) is 36.1 Å². The third-order valence-electron chi connectivity index (χ3n) is 7.37. The first-order chi connectivity index (χ1) is 20.5. The van der Waals surface area contributed by atoms with Crippen LogP contribution in [-0.4, -0.2) is 146 Å². The van der Waals surface area contributed by atoms with Gasteiger partial charge in [0.2, 0.25) is 18.1 Å². The molecule has 11 atom stereocenters. The van der Waals surface area contributed by atoms with Crippen LogP contribution in [0.2, 0.25) is 0 Å². The van der Waals surface area contributed by atoms with Crippen molar-refractivity contribution >= 4 is 11.8 Å². The standard InChI is InChI=1S/C26H51N7O10/c1-13(31-3)20(37)26(40-9-8-34)43-23-17(33-24(39)18(35)6-7-27)10-15(29)22(21(23)38)42-25-16(32-19(36)12-30-2)5-4-14(11-28)41-25/h4,13,15-18,20-23,25-26,30-31,34-35,37-38H,5-12,27-29H2,1-3H3,(H,32,36)(H,33,39)/t13-,15-,16+,17+,18-,20+,21-,22+,23-,25+,26+/m0/s1. The summed E-state index contributed by atoms with van der Waals surface area (Å²) in [6.07, 6.45) is -6.96. The van der Waals surface area contributed by atoms with E-state index in [0.717, 1.165) is 0 Å². The quantitative estimate of drug-likeness (QED) is 0.0637. The number of hydrogen-bond donors (Lipinski definition) is 11. The molecular weight excluding hydrogens is 570 g/mol. The smallest absolute Gasteiger partial charge is 0.249 e. The number of carbonyl (C=O) groups is 2. The van der Waals surface area contributed by atoms with Crippen LogP contribution in [0.15, 0.2) is 11.8 Å². The summed E-state index contributed by atoms with van der Waals surface area (Å²) < 4.78 is 23.7. The van der Waals surface area contributed by atoms with E-state index in [1.54, 1.807) is 27.1 Å². The van der Waals surface area contributed by atoms with Gasteiger partial charge in [0.05, 0.1) is 38.4 Å². The molecule has 2 amide bonds. The van der Waals surface area contributed by atoms with Crippen molar-refractivity contribution in [3.63, 3.8) is 0 Å². The molecule has 17 heteroatoms. The number of aliphatic hydroxyl groups excluding tert-OH is 4. The lowest BCUT2D eigenvalue weighted by Crippen LogP contribution is -2.67. The minimum Gasteiger partial charge on any atom is -0.466 e. The highest BCUT2D eigenvalue weighted by molar-refractivity contribution is 5.80. The molecular formula is C26H51N7O10. The summed E-state index contributed by atoms with van der Waals surface area (Å²) >= 11 is 0. The van der Waals surface area contributed by atoms with Gasteiger partial charge in [-0.15, -0.1) is 0 Å². The predicted molar refractivity (Wildman–Crippen MR) is 154 cm³/mol. The molecule has 1 aliphatic heterocycles. The van der Waals surface area contributed by atoms with Gasteiger partial charge in [0.25, 0.3) is 0 Å². The highest BCUT2D eigenvalue weighted by Crippen LogP contribution is 2.30. The number of nitrogens with two attached hydrogens (primary N) is 3. The Hall–Kier alpha value is -2.00. The zero-order valence-electron chi connectivity index (χ0n) is 25.1. The summed E-state index contributed by atoms with van der Waals surface area (Å²) in [5.41, 5.74) is 17.7. The number of hydrogen-bond acceptors (Lipinski definition) is 15. The fourth-order valence-corrected chi connectivity index (χ4v) is 4.86. The number of rotatable bonds is 18. The number of aliphatic hydroxyl groups is 4. The molecule has 1 fully saturated rings. The first-order valence-electron chi connectivity index (χ1n) is 14.5. The number of carbonyl (C=O) groups excluding carboxylic acids is 2. The summed E-state index contributed by atoms with van der Waals surface area (Å²) in [6, 6.07) is -3.01. The summed E-state index contributed by atoms with van der Waals surface area (Å²) in [5.74, 6) is -0.628. The average Bonchev–Trinajstić information content (AvgIpc) is 2.98. The second kappa shape index (κ2) is 18.7. The molecule has 0 unspecified atom stereocenters. The van der Waals surface area contributed by atoms with Crippen molar-refractivity contribution in [3.05, 3.63) is 11.8 Å². The fraction of sp³-hybridized carbons (Fsp3) is 0.846. The molecule has 2 rings (SSSR count). The summed E-state index contributed by atoms with van der Waals surface area (Å²) in [4.78, 5) is 25.1. The van der Waals surface area contributed by atoms with Gasteiger partial charge in [0.1, 0.15) is 36.3 Å². The van der Waals surface area contributed by atoms with Crippen LogP contribution >= 0.6 is 0 Å². The minimum atomic E-state index is -1.53. The van der Waals surface area contributed by atoms with Crippen LogP contribution in [0.3, 0.4) is 0 Å². The summed E-state index contributed by atoms with van der Waals surface area (Å²) in [5, 5.41) is 53.2. The highest BCUT2D eigenvalue weighted by Gasteiger charge is 2.49.